The van der Waals surface area contributed by atoms with Crippen LogP contribution in [0.3, 0.4) is 0 Å². The molecule has 6 nitrogen and oxygen atoms in total. The largest absolute Gasteiger partial charge is 0.357 e. The minimum atomic E-state index is 0.582. The number of nitrogens with zero attached hydrogens (tertiary/aromatic N) is 5. The molecule has 2 aromatic heterocycles. The van der Waals surface area contributed by atoms with E-state index in [1.807, 2.05) is 11.3 Å². The fourth-order valence-electron chi connectivity index (χ4n) is 3.12. The van der Waals surface area contributed by atoms with Crippen LogP contribution in [0, 0.1) is 0 Å². The molecule has 0 amide bonds. The number of thiophene rings is 1. The van der Waals surface area contributed by atoms with Gasteiger partial charge >= 0.3 is 0 Å². The van der Waals surface area contributed by atoms with Crippen LogP contribution in [0.1, 0.15) is 42.7 Å². The summed E-state index contributed by atoms with van der Waals surface area (Å²) in [7, 11) is 2.10. The highest BCUT2D eigenvalue weighted by atomic mass is 32.1. The summed E-state index contributed by atoms with van der Waals surface area (Å²) in [6.07, 6.45) is 5.79. The SMILES string of the molecule is CCNC(=NCc1nnc2n1CCCCC2)N(C)CCc1cccs1. The molecule has 0 bridgehead atoms. The zero-order chi connectivity index (χ0) is 17.5. The van der Waals surface area contributed by atoms with Crippen LogP contribution in [0.2, 0.25) is 0 Å². The summed E-state index contributed by atoms with van der Waals surface area (Å²) >= 11 is 1.81. The number of aliphatic imine (C=N–C) groups is 1. The summed E-state index contributed by atoms with van der Waals surface area (Å²) in [6, 6.07) is 4.30. The molecule has 1 N–H and O–H groups in total. The van der Waals surface area contributed by atoms with Gasteiger partial charge < -0.3 is 14.8 Å². The van der Waals surface area contributed by atoms with Gasteiger partial charge in [0.25, 0.3) is 0 Å². The third kappa shape index (κ3) is 4.81. The lowest BCUT2D eigenvalue weighted by molar-refractivity contribution is 0.485. The molecule has 2 aromatic rings. The van der Waals surface area contributed by atoms with Gasteiger partial charge in [0.05, 0.1) is 0 Å². The molecular weight excluding hydrogens is 332 g/mol. The number of likely N-dealkylation sites (N-methyl/N-ethyl adjacent to an activating group) is 1. The molecule has 0 saturated carbocycles. The molecule has 0 fully saturated rings. The quantitative estimate of drug-likeness (QED) is 0.636. The standard InChI is InChI=1S/C18H28N6S/c1-3-19-18(23(2)12-10-15-8-7-13-25-15)20-14-17-22-21-16-9-5-4-6-11-24(16)17/h7-8,13H,3-6,9-12,14H2,1-2H3,(H,19,20). The smallest absolute Gasteiger partial charge is 0.194 e. The van der Waals surface area contributed by atoms with Gasteiger partial charge in [-0.05, 0) is 37.6 Å². The molecule has 7 heteroatoms. The lowest BCUT2D eigenvalue weighted by Gasteiger charge is -2.21. The predicted molar refractivity (Wildman–Crippen MR) is 103 cm³/mol. The van der Waals surface area contributed by atoms with Crippen molar-refractivity contribution in [1.82, 2.24) is 25.0 Å². The van der Waals surface area contributed by atoms with Crippen molar-refractivity contribution < 1.29 is 0 Å². The van der Waals surface area contributed by atoms with Gasteiger partial charge in [0, 0.05) is 38.0 Å². The van der Waals surface area contributed by atoms with Crippen molar-refractivity contribution in [3.05, 3.63) is 34.0 Å². The lowest BCUT2D eigenvalue weighted by Crippen LogP contribution is -2.40. The Bertz CT molecular complexity index is 676. The van der Waals surface area contributed by atoms with Gasteiger partial charge in [-0.3, -0.25) is 0 Å². The van der Waals surface area contributed by atoms with Gasteiger partial charge in [-0.1, -0.05) is 12.5 Å². The second kappa shape index (κ2) is 8.99. The van der Waals surface area contributed by atoms with Crippen molar-refractivity contribution in [2.24, 2.45) is 4.99 Å². The van der Waals surface area contributed by atoms with Crippen LogP contribution >= 0.6 is 11.3 Å². The first-order valence-corrected chi connectivity index (χ1v) is 10.1. The van der Waals surface area contributed by atoms with Gasteiger partial charge in [0.2, 0.25) is 0 Å². The van der Waals surface area contributed by atoms with E-state index in [-0.39, 0.29) is 0 Å². The van der Waals surface area contributed by atoms with Crippen molar-refractivity contribution in [3.63, 3.8) is 0 Å². The number of nitrogens with one attached hydrogen (secondary N) is 1. The Hall–Kier alpha value is -1.89. The van der Waals surface area contributed by atoms with Gasteiger partial charge in [-0.2, -0.15) is 0 Å². The van der Waals surface area contributed by atoms with Crippen molar-refractivity contribution >= 4 is 17.3 Å². The van der Waals surface area contributed by atoms with E-state index in [1.165, 1.54) is 24.1 Å². The number of fused-ring (bicyclic) bond motifs is 1. The molecule has 1 aliphatic heterocycles. The van der Waals surface area contributed by atoms with E-state index in [0.29, 0.717) is 6.54 Å². The van der Waals surface area contributed by atoms with Crippen molar-refractivity contribution in [3.8, 4) is 0 Å². The molecule has 0 atom stereocenters. The van der Waals surface area contributed by atoms with E-state index in [2.05, 4.69) is 56.5 Å². The Kier molecular flexibility index (Phi) is 6.44. The van der Waals surface area contributed by atoms with Crippen molar-refractivity contribution in [1.29, 1.82) is 0 Å². The van der Waals surface area contributed by atoms with Crippen LogP contribution in [-0.2, 0) is 25.9 Å². The van der Waals surface area contributed by atoms with Crippen LogP contribution in [0.4, 0.5) is 0 Å². The molecule has 25 heavy (non-hydrogen) atoms. The van der Waals surface area contributed by atoms with Gasteiger partial charge in [0.1, 0.15) is 12.4 Å². The number of aryl methyl sites for hydroxylation is 1. The molecule has 3 heterocycles. The van der Waals surface area contributed by atoms with Crippen LogP contribution in [0.15, 0.2) is 22.5 Å². The monoisotopic (exact) mass is 360 g/mol. The lowest BCUT2D eigenvalue weighted by atomic mass is 10.2. The van der Waals surface area contributed by atoms with Gasteiger partial charge in [-0.15, -0.1) is 21.5 Å². The van der Waals surface area contributed by atoms with E-state index >= 15 is 0 Å². The number of hydrogen-bond acceptors (Lipinski definition) is 4. The highest BCUT2D eigenvalue weighted by molar-refractivity contribution is 7.09. The summed E-state index contributed by atoms with van der Waals surface area (Å²) < 4.78 is 2.27. The third-order valence-electron chi connectivity index (χ3n) is 4.53. The zero-order valence-corrected chi connectivity index (χ0v) is 16.1. The minimum absolute atomic E-state index is 0.582. The molecule has 136 valence electrons. The van der Waals surface area contributed by atoms with Crippen LogP contribution in [-0.4, -0.2) is 45.8 Å². The Labute approximate surface area is 154 Å². The van der Waals surface area contributed by atoms with Crippen LogP contribution < -0.4 is 5.32 Å². The highest BCUT2D eigenvalue weighted by Gasteiger charge is 2.15. The molecule has 0 saturated heterocycles. The molecule has 0 aromatic carbocycles. The zero-order valence-electron chi connectivity index (χ0n) is 15.2. The van der Waals surface area contributed by atoms with E-state index in [1.54, 1.807) is 0 Å². The fraction of sp³-hybridized carbons (Fsp3) is 0.611. The third-order valence-corrected chi connectivity index (χ3v) is 5.46. The first-order valence-electron chi connectivity index (χ1n) is 9.20. The van der Waals surface area contributed by atoms with Crippen LogP contribution in [0.5, 0.6) is 0 Å². The highest BCUT2D eigenvalue weighted by Crippen LogP contribution is 2.15. The fourth-order valence-corrected chi connectivity index (χ4v) is 3.81. The normalized spacial score (nSPS) is 14.9. The second-order valence-corrected chi connectivity index (χ2v) is 7.45. The number of guanidine groups is 1. The average Bonchev–Trinajstić information content (AvgIpc) is 3.21. The number of aromatic nitrogens is 3. The van der Waals surface area contributed by atoms with Crippen molar-refractivity contribution in [2.45, 2.75) is 52.1 Å². The van der Waals surface area contributed by atoms with E-state index < -0.39 is 0 Å². The Morgan fingerprint density at radius 1 is 1.36 bits per heavy atom. The minimum Gasteiger partial charge on any atom is -0.357 e. The topological polar surface area (TPSA) is 58.3 Å². The Morgan fingerprint density at radius 2 is 2.28 bits per heavy atom. The summed E-state index contributed by atoms with van der Waals surface area (Å²) in [5, 5.41) is 14.3. The van der Waals surface area contributed by atoms with Gasteiger partial charge in [0.15, 0.2) is 11.8 Å². The summed E-state index contributed by atoms with van der Waals surface area (Å²) in [5.41, 5.74) is 0. The van der Waals surface area contributed by atoms with E-state index in [9.17, 15) is 0 Å². The predicted octanol–water partition coefficient (Wildman–Crippen LogP) is 2.71. The van der Waals surface area contributed by atoms with Gasteiger partial charge in [-0.25, -0.2) is 4.99 Å². The Balaban J connectivity index is 1.64. The summed E-state index contributed by atoms with van der Waals surface area (Å²) in [5.74, 6) is 3.04. The molecule has 1 aliphatic rings. The molecule has 0 spiro atoms. The second-order valence-electron chi connectivity index (χ2n) is 6.42. The van der Waals surface area contributed by atoms with E-state index in [4.69, 9.17) is 4.99 Å². The first kappa shape index (κ1) is 17.9. The van der Waals surface area contributed by atoms with Crippen molar-refractivity contribution in [2.75, 3.05) is 20.1 Å². The maximum Gasteiger partial charge on any atom is 0.194 e. The van der Waals surface area contributed by atoms with Crippen LogP contribution in [0.25, 0.3) is 0 Å². The first-order chi connectivity index (χ1) is 12.3. The average molecular weight is 361 g/mol. The summed E-state index contributed by atoms with van der Waals surface area (Å²) in [4.78, 5) is 8.41. The molecular formula is C18H28N6S. The molecule has 3 rings (SSSR count). The number of rotatable bonds is 6. The molecule has 0 aliphatic carbocycles. The molecule has 0 unspecified atom stereocenters. The summed E-state index contributed by atoms with van der Waals surface area (Å²) in [6.45, 7) is 5.52. The molecule has 0 radical (unpaired) electrons. The maximum absolute atomic E-state index is 4.81. The Morgan fingerprint density at radius 3 is 3.08 bits per heavy atom. The number of hydrogen-bond donors (Lipinski definition) is 1. The van der Waals surface area contributed by atoms with E-state index in [0.717, 1.165) is 50.1 Å². The maximum atomic E-state index is 4.81.